The van der Waals surface area contributed by atoms with Gasteiger partial charge in [0, 0.05) is 6.07 Å². The number of carbonyl (C=O) groups excluding carboxylic acids is 1. The fraction of sp³-hybridized carbons (Fsp3) is 0.364. The van der Waals surface area contributed by atoms with Crippen LogP contribution in [-0.4, -0.2) is 22.9 Å². The number of rotatable bonds is 5. The first-order valence-electron chi connectivity index (χ1n) is 5.19. The summed E-state index contributed by atoms with van der Waals surface area (Å²) in [5.41, 5.74) is 0.348. The summed E-state index contributed by atoms with van der Waals surface area (Å²) in [5.74, 6) is -0.545. The van der Waals surface area contributed by atoms with Crippen LogP contribution < -0.4 is 0 Å². The van der Waals surface area contributed by atoms with Gasteiger partial charge in [0.15, 0.2) is 0 Å². The molecule has 1 unspecified atom stereocenters. The van der Waals surface area contributed by atoms with Crippen molar-refractivity contribution >= 4 is 34.9 Å². The largest absolute Gasteiger partial charge is 0.465 e. The molecule has 5 nitrogen and oxygen atoms in total. The van der Waals surface area contributed by atoms with E-state index in [1.807, 2.05) is 0 Å². The van der Waals surface area contributed by atoms with Crippen molar-refractivity contribution in [2.45, 2.75) is 18.7 Å². The van der Waals surface area contributed by atoms with Crippen LogP contribution in [0, 0.1) is 10.1 Å². The Balaban J connectivity index is 2.82. The molecule has 98 valence electrons. The van der Waals surface area contributed by atoms with Crippen LogP contribution in [0.5, 0.6) is 0 Å². The number of ether oxygens (including phenoxy) is 1. The Morgan fingerprint density at radius 3 is 2.78 bits per heavy atom. The van der Waals surface area contributed by atoms with Crippen LogP contribution in [0.25, 0.3) is 0 Å². The normalized spacial score (nSPS) is 11.9. The molecule has 0 aliphatic carbocycles. The summed E-state index contributed by atoms with van der Waals surface area (Å²) in [6.07, 6.45) is 0.151. The van der Waals surface area contributed by atoms with E-state index in [1.165, 1.54) is 12.1 Å². The van der Waals surface area contributed by atoms with Gasteiger partial charge in [0.05, 0.1) is 11.5 Å². The van der Waals surface area contributed by atoms with Crippen molar-refractivity contribution in [1.82, 2.24) is 0 Å². The summed E-state index contributed by atoms with van der Waals surface area (Å²) in [6, 6.07) is 4.30. The maximum Gasteiger partial charge on any atom is 0.324 e. The minimum atomic E-state index is -0.870. The van der Waals surface area contributed by atoms with Crippen molar-refractivity contribution in [2.75, 3.05) is 6.61 Å². The molecule has 18 heavy (non-hydrogen) atoms. The number of alkyl halides is 1. The maximum absolute atomic E-state index is 11.3. The second-order valence-electron chi connectivity index (χ2n) is 3.47. The fourth-order valence-electron chi connectivity index (χ4n) is 1.35. The van der Waals surface area contributed by atoms with Gasteiger partial charge in [0.1, 0.15) is 10.4 Å². The van der Waals surface area contributed by atoms with Crippen LogP contribution in [0.2, 0.25) is 5.02 Å². The molecule has 1 aromatic rings. The second kappa shape index (κ2) is 6.56. The second-order valence-corrected chi connectivity index (χ2v) is 4.40. The number of hydrogen-bond donors (Lipinski definition) is 0. The van der Waals surface area contributed by atoms with Gasteiger partial charge < -0.3 is 4.74 Å². The minimum Gasteiger partial charge on any atom is -0.465 e. The van der Waals surface area contributed by atoms with Crippen molar-refractivity contribution in [3.8, 4) is 0 Å². The molecule has 0 aromatic heterocycles. The topological polar surface area (TPSA) is 69.4 Å². The highest BCUT2D eigenvalue weighted by Gasteiger charge is 2.19. The Labute approximate surface area is 114 Å². The predicted octanol–water partition coefficient (Wildman–Crippen LogP) is 2.96. The Bertz CT molecular complexity index is 464. The van der Waals surface area contributed by atoms with Gasteiger partial charge in [-0.25, -0.2) is 0 Å². The highest BCUT2D eigenvalue weighted by atomic mass is 35.5. The van der Waals surface area contributed by atoms with Crippen LogP contribution in [-0.2, 0) is 16.0 Å². The summed E-state index contributed by atoms with van der Waals surface area (Å²) in [6.45, 7) is 1.91. The van der Waals surface area contributed by atoms with E-state index in [0.717, 1.165) is 0 Å². The van der Waals surface area contributed by atoms with Crippen LogP contribution in [0.1, 0.15) is 12.5 Å². The van der Waals surface area contributed by atoms with E-state index >= 15 is 0 Å². The molecule has 0 radical (unpaired) electrons. The molecule has 0 saturated carbocycles. The molecule has 0 saturated heterocycles. The molecular weight excluding hydrogens is 281 g/mol. The van der Waals surface area contributed by atoms with Crippen molar-refractivity contribution in [1.29, 1.82) is 0 Å². The van der Waals surface area contributed by atoms with Gasteiger partial charge in [-0.3, -0.25) is 14.9 Å². The number of esters is 1. The van der Waals surface area contributed by atoms with Crippen LogP contribution >= 0.6 is 23.2 Å². The highest BCUT2D eigenvalue weighted by Crippen LogP contribution is 2.26. The zero-order chi connectivity index (χ0) is 13.7. The quantitative estimate of drug-likeness (QED) is 0.362. The first-order chi connectivity index (χ1) is 8.45. The summed E-state index contributed by atoms with van der Waals surface area (Å²) in [5, 5.41) is 9.87. The van der Waals surface area contributed by atoms with Gasteiger partial charge in [-0.2, -0.15) is 0 Å². The maximum atomic E-state index is 11.3. The third-order valence-corrected chi connectivity index (χ3v) is 2.82. The molecule has 1 atom stereocenters. The van der Waals surface area contributed by atoms with Crippen molar-refractivity contribution in [3.05, 3.63) is 38.9 Å². The molecule has 0 N–H and O–H groups in total. The lowest BCUT2D eigenvalue weighted by Gasteiger charge is -2.08. The van der Waals surface area contributed by atoms with E-state index < -0.39 is 16.3 Å². The number of halogens is 2. The van der Waals surface area contributed by atoms with Crippen molar-refractivity contribution in [3.63, 3.8) is 0 Å². The van der Waals surface area contributed by atoms with Crippen LogP contribution in [0.15, 0.2) is 18.2 Å². The minimum absolute atomic E-state index is 0.0472. The van der Waals surface area contributed by atoms with Crippen LogP contribution in [0.3, 0.4) is 0 Å². The Hall–Kier alpha value is -1.33. The van der Waals surface area contributed by atoms with Gasteiger partial charge in [-0.1, -0.05) is 17.7 Å². The lowest BCUT2D eigenvalue weighted by atomic mass is 10.1. The summed E-state index contributed by atoms with van der Waals surface area (Å²) in [7, 11) is 0. The molecule has 0 heterocycles. The molecule has 7 heteroatoms. The van der Waals surface area contributed by atoms with E-state index in [0.29, 0.717) is 5.56 Å². The molecule has 0 aliphatic heterocycles. The van der Waals surface area contributed by atoms with Crippen LogP contribution in [0.4, 0.5) is 5.69 Å². The average Bonchev–Trinajstić information content (AvgIpc) is 2.31. The molecule has 0 spiro atoms. The Morgan fingerprint density at radius 1 is 1.56 bits per heavy atom. The molecule has 1 rings (SSSR count). The van der Waals surface area contributed by atoms with Crippen molar-refractivity contribution < 1.29 is 14.5 Å². The summed E-state index contributed by atoms with van der Waals surface area (Å²) >= 11 is 11.5. The van der Waals surface area contributed by atoms with E-state index in [4.69, 9.17) is 27.9 Å². The third kappa shape index (κ3) is 3.85. The van der Waals surface area contributed by atoms with E-state index in [1.54, 1.807) is 13.0 Å². The van der Waals surface area contributed by atoms with E-state index in [9.17, 15) is 14.9 Å². The van der Waals surface area contributed by atoms with Gasteiger partial charge in [-0.15, -0.1) is 11.6 Å². The molecule has 1 aromatic carbocycles. The SMILES string of the molecule is CCOC(=O)C(Cl)Cc1ccc(Cl)c([N+](=O)[O-])c1. The molecule has 0 amide bonds. The highest BCUT2D eigenvalue weighted by molar-refractivity contribution is 6.32. The fourth-order valence-corrected chi connectivity index (χ4v) is 1.78. The predicted molar refractivity (Wildman–Crippen MR) is 68.1 cm³/mol. The van der Waals surface area contributed by atoms with Gasteiger partial charge in [0.2, 0.25) is 0 Å². The number of benzene rings is 1. The van der Waals surface area contributed by atoms with Crippen molar-refractivity contribution in [2.24, 2.45) is 0 Å². The summed E-state index contributed by atoms with van der Waals surface area (Å²) < 4.78 is 4.75. The average molecular weight is 292 g/mol. The van der Waals surface area contributed by atoms with Gasteiger partial charge >= 0.3 is 5.97 Å². The molecule has 0 bridgehead atoms. The molecular formula is C11H11Cl2NO4. The van der Waals surface area contributed by atoms with Gasteiger partial charge in [-0.05, 0) is 25.0 Å². The number of nitro benzene ring substituents is 1. The number of carbonyl (C=O) groups is 1. The number of nitrogens with zero attached hydrogens (tertiary/aromatic N) is 1. The molecule has 0 aliphatic rings. The zero-order valence-electron chi connectivity index (χ0n) is 9.56. The smallest absolute Gasteiger partial charge is 0.324 e. The van der Waals surface area contributed by atoms with E-state index in [-0.39, 0.29) is 23.7 Å². The van der Waals surface area contributed by atoms with Gasteiger partial charge in [0.25, 0.3) is 5.69 Å². The molecule has 0 fully saturated rings. The zero-order valence-corrected chi connectivity index (χ0v) is 11.1. The summed E-state index contributed by atoms with van der Waals surface area (Å²) in [4.78, 5) is 21.4. The lowest BCUT2D eigenvalue weighted by molar-refractivity contribution is -0.384. The first-order valence-corrected chi connectivity index (χ1v) is 6.00. The lowest BCUT2D eigenvalue weighted by Crippen LogP contribution is -2.20. The first kappa shape index (κ1) is 14.7. The number of nitro groups is 1. The monoisotopic (exact) mass is 291 g/mol. The Morgan fingerprint density at radius 2 is 2.22 bits per heavy atom. The third-order valence-electron chi connectivity index (χ3n) is 2.16. The standard InChI is InChI=1S/C11H11Cl2NO4/c1-2-18-11(15)9(13)5-7-3-4-8(12)10(6-7)14(16)17/h3-4,6,9H,2,5H2,1H3. The van der Waals surface area contributed by atoms with E-state index in [2.05, 4.69) is 0 Å². The Kier molecular flexibility index (Phi) is 5.37. The number of hydrogen-bond acceptors (Lipinski definition) is 4.